The number of nitrogens with zero attached hydrogens (tertiary/aromatic N) is 1. The van der Waals surface area contributed by atoms with E-state index in [1.807, 2.05) is 68.1 Å². The number of hydrogen-bond donors (Lipinski definition) is 2. The summed E-state index contributed by atoms with van der Waals surface area (Å²) in [5.41, 5.74) is 4.58. The van der Waals surface area contributed by atoms with Crippen molar-refractivity contribution in [2.45, 2.75) is 26.8 Å². The van der Waals surface area contributed by atoms with Gasteiger partial charge in [-0.1, -0.05) is 48.0 Å². The third-order valence-electron chi connectivity index (χ3n) is 5.47. The van der Waals surface area contributed by atoms with E-state index in [2.05, 4.69) is 10.6 Å². The van der Waals surface area contributed by atoms with Crippen LogP contribution in [0.2, 0.25) is 0 Å². The van der Waals surface area contributed by atoms with Crippen molar-refractivity contribution in [2.75, 3.05) is 36.5 Å². The fourth-order valence-corrected chi connectivity index (χ4v) is 5.20. The van der Waals surface area contributed by atoms with Crippen LogP contribution in [0.15, 0.2) is 42.5 Å². The number of anilines is 1. The van der Waals surface area contributed by atoms with Gasteiger partial charge in [0.1, 0.15) is 6.04 Å². The molecular formula is C23H29N3O4S. The van der Waals surface area contributed by atoms with Crippen molar-refractivity contribution in [1.29, 1.82) is 0 Å². The SMILES string of the molecule is Cc1cc(C)c(NC(=O)CNC(=O)C(c2ccccc2)N2CCS(=O)(=O)CC2)c(C)c1. The highest BCUT2D eigenvalue weighted by Crippen LogP contribution is 2.24. The second-order valence-corrected chi connectivity index (χ2v) is 10.3. The maximum absolute atomic E-state index is 13.1. The molecular weight excluding hydrogens is 414 g/mol. The molecule has 2 amide bonds. The number of aryl methyl sites for hydroxylation is 3. The van der Waals surface area contributed by atoms with Crippen LogP contribution in [0, 0.1) is 20.8 Å². The molecule has 0 aromatic heterocycles. The molecule has 1 heterocycles. The minimum atomic E-state index is -3.07. The quantitative estimate of drug-likeness (QED) is 0.713. The number of carbonyl (C=O) groups excluding carboxylic acids is 2. The molecule has 0 spiro atoms. The third-order valence-corrected chi connectivity index (χ3v) is 7.08. The molecule has 1 aliphatic rings. The van der Waals surface area contributed by atoms with E-state index < -0.39 is 15.9 Å². The summed E-state index contributed by atoms with van der Waals surface area (Å²) in [5, 5.41) is 5.61. The number of rotatable bonds is 6. The monoisotopic (exact) mass is 443 g/mol. The van der Waals surface area contributed by atoms with Gasteiger partial charge in [-0.2, -0.15) is 0 Å². The van der Waals surface area contributed by atoms with Crippen molar-refractivity contribution >= 4 is 27.3 Å². The van der Waals surface area contributed by atoms with Gasteiger partial charge < -0.3 is 10.6 Å². The van der Waals surface area contributed by atoms with Gasteiger partial charge in [0.2, 0.25) is 11.8 Å². The van der Waals surface area contributed by atoms with Crippen molar-refractivity contribution in [2.24, 2.45) is 0 Å². The summed E-state index contributed by atoms with van der Waals surface area (Å²) in [6, 6.07) is 12.6. The molecule has 7 nitrogen and oxygen atoms in total. The number of sulfone groups is 1. The second kappa shape index (κ2) is 9.62. The Morgan fingerprint density at radius 1 is 1.00 bits per heavy atom. The first-order valence-electron chi connectivity index (χ1n) is 10.3. The Labute approximate surface area is 183 Å². The molecule has 166 valence electrons. The Balaban J connectivity index is 1.69. The topological polar surface area (TPSA) is 95.6 Å². The average Bonchev–Trinajstić information content (AvgIpc) is 2.71. The molecule has 0 saturated carbocycles. The fourth-order valence-electron chi connectivity index (χ4n) is 3.97. The first-order chi connectivity index (χ1) is 14.7. The Morgan fingerprint density at radius 2 is 1.58 bits per heavy atom. The summed E-state index contributed by atoms with van der Waals surface area (Å²) in [6.07, 6.45) is 0. The molecule has 1 unspecified atom stereocenters. The number of nitrogens with one attached hydrogen (secondary N) is 2. The third kappa shape index (κ3) is 5.92. The second-order valence-electron chi connectivity index (χ2n) is 8.04. The summed E-state index contributed by atoms with van der Waals surface area (Å²) >= 11 is 0. The highest BCUT2D eigenvalue weighted by atomic mass is 32.2. The smallest absolute Gasteiger partial charge is 0.243 e. The van der Waals surface area contributed by atoms with Crippen LogP contribution in [-0.2, 0) is 19.4 Å². The lowest BCUT2D eigenvalue weighted by molar-refractivity contribution is -0.128. The van der Waals surface area contributed by atoms with E-state index in [0.717, 1.165) is 27.9 Å². The van der Waals surface area contributed by atoms with Crippen molar-refractivity contribution in [3.8, 4) is 0 Å². The van der Waals surface area contributed by atoms with Crippen LogP contribution in [0.5, 0.6) is 0 Å². The first-order valence-corrected chi connectivity index (χ1v) is 12.1. The van der Waals surface area contributed by atoms with E-state index in [1.165, 1.54) is 0 Å². The van der Waals surface area contributed by atoms with Crippen LogP contribution in [-0.4, -0.2) is 56.3 Å². The van der Waals surface area contributed by atoms with Crippen molar-refractivity contribution in [3.63, 3.8) is 0 Å². The summed E-state index contributed by atoms with van der Waals surface area (Å²) in [5.74, 6) is -0.582. The van der Waals surface area contributed by atoms with Crippen LogP contribution in [0.4, 0.5) is 5.69 Å². The zero-order valence-electron chi connectivity index (χ0n) is 18.1. The molecule has 2 N–H and O–H groups in total. The van der Waals surface area contributed by atoms with E-state index in [1.54, 1.807) is 0 Å². The van der Waals surface area contributed by atoms with Crippen LogP contribution in [0.3, 0.4) is 0 Å². The number of hydrogen-bond acceptors (Lipinski definition) is 5. The molecule has 1 atom stereocenters. The Bertz CT molecular complexity index is 1030. The van der Waals surface area contributed by atoms with Gasteiger partial charge in [0, 0.05) is 18.8 Å². The van der Waals surface area contributed by atoms with Crippen molar-refractivity contribution in [3.05, 3.63) is 64.7 Å². The molecule has 3 rings (SSSR count). The van der Waals surface area contributed by atoms with Crippen LogP contribution in [0.25, 0.3) is 0 Å². The average molecular weight is 444 g/mol. The molecule has 1 fully saturated rings. The maximum Gasteiger partial charge on any atom is 0.243 e. The lowest BCUT2D eigenvalue weighted by atomic mass is 10.0. The van der Waals surface area contributed by atoms with Gasteiger partial charge in [0.25, 0.3) is 0 Å². The van der Waals surface area contributed by atoms with Gasteiger partial charge in [-0.3, -0.25) is 14.5 Å². The largest absolute Gasteiger partial charge is 0.345 e. The molecule has 2 aromatic rings. The van der Waals surface area contributed by atoms with E-state index in [0.29, 0.717) is 0 Å². The number of benzene rings is 2. The predicted molar refractivity (Wildman–Crippen MR) is 122 cm³/mol. The molecule has 1 aliphatic heterocycles. The summed E-state index contributed by atoms with van der Waals surface area (Å²) in [6.45, 7) is 6.27. The molecule has 0 radical (unpaired) electrons. The van der Waals surface area contributed by atoms with E-state index in [9.17, 15) is 18.0 Å². The lowest BCUT2D eigenvalue weighted by Gasteiger charge is -2.33. The van der Waals surface area contributed by atoms with Gasteiger partial charge >= 0.3 is 0 Å². The molecule has 1 saturated heterocycles. The normalized spacial score (nSPS) is 17.0. The standard InChI is InChI=1S/C23H29N3O4S/c1-16-13-17(2)21(18(3)14-16)25-20(27)15-24-23(28)22(19-7-5-4-6-8-19)26-9-11-31(29,30)12-10-26/h4-8,13-14,22H,9-12,15H2,1-3H3,(H,24,28)(H,25,27). The van der Waals surface area contributed by atoms with Crippen molar-refractivity contribution in [1.82, 2.24) is 10.2 Å². The first kappa shape index (κ1) is 23.0. The van der Waals surface area contributed by atoms with Gasteiger partial charge in [0.15, 0.2) is 9.84 Å². The highest BCUT2D eigenvalue weighted by molar-refractivity contribution is 7.91. The molecule has 0 aliphatic carbocycles. The molecule has 8 heteroatoms. The molecule has 2 aromatic carbocycles. The van der Waals surface area contributed by atoms with Crippen LogP contribution >= 0.6 is 0 Å². The Morgan fingerprint density at radius 3 is 2.16 bits per heavy atom. The van der Waals surface area contributed by atoms with Gasteiger partial charge in [0.05, 0.1) is 18.1 Å². The van der Waals surface area contributed by atoms with E-state index in [4.69, 9.17) is 0 Å². The highest BCUT2D eigenvalue weighted by Gasteiger charge is 2.32. The fraction of sp³-hybridized carbons (Fsp3) is 0.391. The number of carbonyl (C=O) groups is 2. The Hall–Kier alpha value is -2.71. The minimum Gasteiger partial charge on any atom is -0.345 e. The van der Waals surface area contributed by atoms with Crippen LogP contribution < -0.4 is 10.6 Å². The zero-order chi connectivity index (χ0) is 22.6. The van der Waals surface area contributed by atoms with E-state index >= 15 is 0 Å². The Kier molecular flexibility index (Phi) is 7.12. The summed E-state index contributed by atoms with van der Waals surface area (Å²) < 4.78 is 23.6. The zero-order valence-corrected chi connectivity index (χ0v) is 19.0. The summed E-state index contributed by atoms with van der Waals surface area (Å²) in [7, 11) is -3.07. The van der Waals surface area contributed by atoms with Gasteiger partial charge in [-0.15, -0.1) is 0 Å². The molecule has 0 bridgehead atoms. The van der Waals surface area contributed by atoms with Gasteiger partial charge in [-0.05, 0) is 37.5 Å². The maximum atomic E-state index is 13.1. The minimum absolute atomic E-state index is 0.0239. The van der Waals surface area contributed by atoms with Crippen LogP contribution in [0.1, 0.15) is 28.3 Å². The number of amides is 2. The van der Waals surface area contributed by atoms with Crippen molar-refractivity contribution < 1.29 is 18.0 Å². The lowest BCUT2D eigenvalue weighted by Crippen LogP contribution is -2.48. The van der Waals surface area contributed by atoms with Gasteiger partial charge in [-0.25, -0.2) is 8.42 Å². The molecule has 31 heavy (non-hydrogen) atoms. The summed E-state index contributed by atoms with van der Waals surface area (Å²) in [4.78, 5) is 27.4. The van der Waals surface area contributed by atoms with E-state index in [-0.39, 0.29) is 43.0 Å². The predicted octanol–water partition coefficient (Wildman–Crippen LogP) is 2.14.